The average Bonchev–Trinajstić information content (AvgIpc) is 3.04. The van der Waals surface area contributed by atoms with Gasteiger partial charge in [0.25, 0.3) is 0 Å². The Morgan fingerprint density at radius 3 is 2.59 bits per heavy atom. The summed E-state index contributed by atoms with van der Waals surface area (Å²) >= 11 is 0. The summed E-state index contributed by atoms with van der Waals surface area (Å²) in [5.41, 5.74) is 5.39. The molecule has 0 saturated heterocycles. The second-order valence-electron chi connectivity index (χ2n) is 6.68. The van der Waals surface area contributed by atoms with Crippen LogP contribution in [0.4, 0.5) is 17.5 Å². The molecule has 0 aliphatic carbocycles. The van der Waals surface area contributed by atoms with E-state index in [0.29, 0.717) is 12.5 Å². The van der Waals surface area contributed by atoms with Gasteiger partial charge in [-0.3, -0.25) is 4.68 Å². The number of hydrogen-bond donors (Lipinski definition) is 2. The minimum absolute atomic E-state index is 0.571. The molecule has 0 radical (unpaired) electrons. The van der Waals surface area contributed by atoms with Crippen LogP contribution in [0.2, 0.25) is 0 Å². The van der Waals surface area contributed by atoms with E-state index in [1.807, 2.05) is 25.2 Å². The summed E-state index contributed by atoms with van der Waals surface area (Å²) in [5, 5.41) is 12.0. The molecule has 0 atom stereocenters. The molecule has 0 bridgehead atoms. The third kappa shape index (κ3) is 3.60. The second-order valence-corrected chi connectivity index (χ2v) is 6.68. The zero-order valence-corrected chi connectivity index (χ0v) is 15.7. The standard InChI is InChI=1S/C21H22N6/c1-14-9-10-18(15(2)11-14)24-19-17-13-23-27(3)20(17)26-21(25-19)22-12-16-7-5-4-6-8-16/h4-11,13H,12H2,1-3H3,(H2,22,24,25,26). The normalized spacial score (nSPS) is 10.9. The van der Waals surface area contributed by atoms with Crippen molar-refractivity contribution in [1.82, 2.24) is 19.7 Å². The zero-order valence-electron chi connectivity index (χ0n) is 15.7. The molecule has 27 heavy (non-hydrogen) atoms. The quantitative estimate of drug-likeness (QED) is 0.556. The topological polar surface area (TPSA) is 67.7 Å². The molecule has 2 aromatic carbocycles. The third-order valence-corrected chi connectivity index (χ3v) is 4.52. The summed E-state index contributed by atoms with van der Waals surface area (Å²) in [4.78, 5) is 9.33. The second kappa shape index (κ2) is 7.07. The van der Waals surface area contributed by atoms with Gasteiger partial charge < -0.3 is 10.6 Å². The van der Waals surface area contributed by atoms with Crippen molar-refractivity contribution in [3.8, 4) is 0 Å². The highest BCUT2D eigenvalue weighted by molar-refractivity contribution is 5.89. The van der Waals surface area contributed by atoms with E-state index in [-0.39, 0.29) is 0 Å². The van der Waals surface area contributed by atoms with E-state index in [1.165, 1.54) is 16.7 Å². The van der Waals surface area contributed by atoms with Crippen molar-refractivity contribution in [2.75, 3.05) is 10.6 Å². The first-order chi connectivity index (χ1) is 13.1. The predicted molar refractivity (Wildman–Crippen MR) is 109 cm³/mol. The molecule has 2 N–H and O–H groups in total. The first kappa shape index (κ1) is 17.0. The van der Waals surface area contributed by atoms with Gasteiger partial charge in [-0.1, -0.05) is 48.0 Å². The maximum absolute atomic E-state index is 4.70. The minimum Gasteiger partial charge on any atom is -0.350 e. The molecule has 2 heterocycles. The van der Waals surface area contributed by atoms with Crippen molar-refractivity contribution in [1.29, 1.82) is 0 Å². The Morgan fingerprint density at radius 1 is 1.00 bits per heavy atom. The van der Waals surface area contributed by atoms with E-state index in [4.69, 9.17) is 4.98 Å². The van der Waals surface area contributed by atoms with Gasteiger partial charge in [-0.2, -0.15) is 15.1 Å². The number of anilines is 3. The van der Waals surface area contributed by atoms with Crippen molar-refractivity contribution < 1.29 is 0 Å². The van der Waals surface area contributed by atoms with Crippen LogP contribution in [0.25, 0.3) is 11.0 Å². The van der Waals surface area contributed by atoms with Gasteiger partial charge in [0.05, 0.1) is 11.6 Å². The van der Waals surface area contributed by atoms with E-state index in [9.17, 15) is 0 Å². The SMILES string of the molecule is Cc1ccc(Nc2nc(NCc3ccccc3)nc3c2cnn3C)c(C)c1. The highest BCUT2D eigenvalue weighted by Gasteiger charge is 2.12. The molecule has 0 spiro atoms. The lowest BCUT2D eigenvalue weighted by atomic mass is 10.1. The van der Waals surface area contributed by atoms with Crippen molar-refractivity contribution in [2.24, 2.45) is 7.05 Å². The number of benzene rings is 2. The van der Waals surface area contributed by atoms with Crippen molar-refractivity contribution in [3.63, 3.8) is 0 Å². The summed E-state index contributed by atoms with van der Waals surface area (Å²) in [5.74, 6) is 1.32. The van der Waals surface area contributed by atoms with E-state index in [0.717, 1.165) is 22.5 Å². The Labute approximate surface area is 158 Å². The molecule has 4 aromatic rings. The molecule has 4 rings (SSSR count). The molecular weight excluding hydrogens is 336 g/mol. The van der Waals surface area contributed by atoms with E-state index < -0.39 is 0 Å². The van der Waals surface area contributed by atoms with E-state index in [1.54, 1.807) is 10.9 Å². The predicted octanol–water partition coefficient (Wildman–Crippen LogP) is 4.34. The zero-order chi connectivity index (χ0) is 18.8. The number of aryl methyl sites for hydroxylation is 3. The lowest BCUT2D eigenvalue weighted by Gasteiger charge is -2.12. The van der Waals surface area contributed by atoms with Crippen molar-refractivity contribution in [3.05, 3.63) is 71.4 Å². The molecule has 6 heteroatoms. The number of nitrogens with one attached hydrogen (secondary N) is 2. The maximum Gasteiger partial charge on any atom is 0.227 e. The van der Waals surface area contributed by atoms with Crippen LogP contribution in [0.1, 0.15) is 16.7 Å². The van der Waals surface area contributed by atoms with Crippen LogP contribution in [0.3, 0.4) is 0 Å². The monoisotopic (exact) mass is 358 g/mol. The molecule has 0 unspecified atom stereocenters. The van der Waals surface area contributed by atoms with Crippen LogP contribution in [-0.4, -0.2) is 19.7 Å². The van der Waals surface area contributed by atoms with Crippen molar-refractivity contribution in [2.45, 2.75) is 20.4 Å². The number of aromatic nitrogens is 4. The molecule has 136 valence electrons. The van der Waals surface area contributed by atoms with Crippen LogP contribution in [-0.2, 0) is 13.6 Å². The molecule has 0 amide bonds. The highest BCUT2D eigenvalue weighted by Crippen LogP contribution is 2.27. The van der Waals surface area contributed by atoms with Gasteiger partial charge in [0, 0.05) is 19.3 Å². The van der Waals surface area contributed by atoms with Crippen LogP contribution >= 0.6 is 0 Å². The largest absolute Gasteiger partial charge is 0.350 e. The van der Waals surface area contributed by atoms with Crippen LogP contribution in [0.5, 0.6) is 0 Å². The summed E-state index contributed by atoms with van der Waals surface area (Å²) in [6.45, 7) is 4.84. The fourth-order valence-corrected chi connectivity index (χ4v) is 3.05. The van der Waals surface area contributed by atoms with E-state index >= 15 is 0 Å². The Balaban J connectivity index is 1.68. The highest BCUT2D eigenvalue weighted by atomic mass is 15.3. The maximum atomic E-state index is 4.70. The number of fused-ring (bicyclic) bond motifs is 1. The first-order valence-corrected chi connectivity index (χ1v) is 8.92. The van der Waals surface area contributed by atoms with Gasteiger partial charge in [0.15, 0.2) is 5.65 Å². The first-order valence-electron chi connectivity index (χ1n) is 8.92. The molecule has 0 aliphatic heterocycles. The van der Waals surface area contributed by atoms with Gasteiger partial charge in [-0.05, 0) is 31.0 Å². The molecule has 2 aromatic heterocycles. The lowest BCUT2D eigenvalue weighted by Crippen LogP contribution is -2.07. The average molecular weight is 358 g/mol. The van der Waals surface area contributed by atoms with Gasteiger partial charge in [0.2, 0.25) is 5.95 Å². The Morgan fingerprint density at radius 2 is 1.81 bits per heavy atom. The summed E-state index contributed by atoms with van der Waals surface area (Å²) in [7, 11) is 1.89. The van der Waals surface area contributed by atoms with Crippen LogP contribution < -0.4 is 10.6 Å². The van der Waals surface area contributed by atoms with Crippen molar-refractivity contribution >= 4 is 28.5 Å². The van der Waals surface area contributed by atoms with Gasteiger partial charge in [-0.25, -0.2) is 0 Å². The summed E-state index contributed by atoms with van der Waals surface area (Å²) in [6.07, 6.45) is 1.79. The molecule has 0 aliphatic rings. The van der Waals surface area contributed by atoms with Crippen LogP contribution in [0.15, 0.2) is 54.7 Å². The Bertz CT molecular complexity index is 1080. The van der Waals surface area contributed by atoms with Gasteiger partial charge in [0.1, 0.15) is 5.82 Å². The van der Waals surface area contributed by atoms with Gasteiger partial charge in [-0.15, -0.1) is 0 Å². The summed E-state index contributed by atoms with van der Waals surface area (Å²) < 4.78 is 1.76. The molecule has 0 fully saturated rings. The Hall–Kier alpha value is -3.41. The van der Waals surface area contributed by atoms with Gasteiger partial charge >= 0.3 is 0 Å². The number of hydrogen-bond acceptors (Lipinski definition) is 5. The van der Waals surface area contributed by atoms with E-state index in [2.05, 4.69) is 64.9 Å². The smallest absolute Gasteiger partial charge is 0.227 e. The lowest BCUT2D eigenvalue weighted by molar-refractivity contribution is 0.785. The fourth-order valence-electron chi connectivity index (χ4n) is 3.05. The number of nitrogens with zero attached hydrogens (tertiary/aromatic N) is 4. The minimum atomic E-state index is 0.571. The molecule has 0 saturated carbocycles. The number of rotatable bonds is 5. The fraction of sp³-hybridized carbons (Fsp3) is 0.190. The third-order valence-electron chi connectivity index (χ3n) is 4.52. The molecular formula is C21H22N6. The Kier molecular flexibility index (Phi) is 4.46. The molecule has 6 nitrogen and oxygen atoms in total. The van der Waals surface area contributed by atoms with Crippen LogP contribution in [0, 0.1) is 13.8 Å². The summed E-state index contributed by atoms with van der Waals surface area (Å²) in [6, 6.07) is 16.5.